The summed E-state index contributed by atoms with van der Waals surface area (Å²) in [6, 6.07) is 0. The molecular weight excluding hydrogens is 699 g/mol. The van der Waals surface area contributed by atoms with Gasteiger partial charge in [-0.2, -0.15) is 0 Å². The summed E-state index contributed by atoms with van der Waals surface area (Å²) in [5.41, 5.74) is 0.663. The highest BCUT2D eigenvalue weighted by atomic mass is 16.5. The number of carbonyl (C=O) groups excluding carboxylic acids is 3. The van der Waals surface area contributed by atoms with Crippen LogP contribution in [0.25, 0.3) is 0 Å². The summed E-state index contributed by atoms with van der Waals surface area (Å²) in [7, 11) is 0. The summed E-state index contributed by atoms with van der Waals surface area (Å²) in [6.45, 7) is 20.6. The molecule has 7 nitrogen and oxygen atoms in total. The molecule has 2 rings (SSSR count). The monoisotopic (exact) mass is 790 g/mol. The van der Waals surface area contributed by atoms with Gasteiger partial charge in [-0.05, 0) is 138 Å². The second kappa shape index (κ2) is 28.7. The molecule has 0 spiro atoms. The van der Waals surface area contributed by atoms with Crippen LogP contribution < -0.4 is 0 Å². The van der Waals surface area contributed by atoms with Gasteiger partial charge in [0.15, 0.2) is 0 Å². The number of fused-ring (bicyclic) bond motifs is 2. The highest BCUT2D eigenvalue weighted by Gasteiger charge is 2.52. The minimum atomic E-state index is -0.0603. The van der Waals surface area contributed by atoms with Gasteiger partial charge in [0.2, 0.25) is 0 Å². The molecular formula is C49H91NO6. The zero-order chi connectivity index (χ0) is 41.1. The van der Waals surface area contributed by atoms with Crippen molar-refractivity contribution in [2.45, 2.75) is 228 Å². The van der Waals surface area contributed by atoms with Gasteiger partial charge in [-0.3, -0.25) is 14.4 Å². The molecule has 4 atom stereocenters. The van der Waals surface area contributed by atoms with Crippen LogP contribution in [0.2, 0.25) is 0 Å². The molecule has 7 heteroatoms. The summed E-state index contributed by atoms with van der Waals surface area (Å²) < 4.78 is 17.3. The summed E-state index contributed by atoms with van der Waals surface area (Å²) in [4.78, 5) is 40.0. The van der Waals surface area contributed by atoms with Crippen molar-refractivity contribution >= 4 is 17.9 Å². The van der Waals surface area contributed by atoms with Crippen molar-refractivity contribution in [1.29, 1.82) is 0 Å². The summed E-state index contributed by atoms with van der Waals surface area (Å²) in [6.07, 6.45) is 30.0. The van der Waals surface area contributed by atoms with E-state index in [1.165, 1.54) is 89.9 Å². The van der Waals surface area contributed by atoms with Crippen LogP contribution in [0.4, 0.5) is 0 Å². The van der Waals surface area contributed by atoms with Crippen molar-refractivity contribution in [2.75, 3.05) is 39.5 Å². The third kappa shape index (κ3) is 21.4. The first kappa shape index (κ1) is 50.5. The third-order valence-corrected chi connectivity index (χ3v) is 13.5. The fraction of sp³-hybridized carbons (Fsp3) is 0.939. The molecule has 0 aromatic carbocycles. The lowest BCUT2D eigenvalue weighted by atomic mass is 9.47. The van der Waals surface area contributed by atoms with Gasteiger partial charge in [0.25, 0.3) is 0 Å². The molecule has 4 unspecified atom stereocenters. The van der Waals surface area contributed by atoms with E-state index in [1.54, 1.807) is 0 Å². The van der Waals surface area contributed by atoms with Crippen LogP contribution in [0.5, 0.6) is 0 Å². The molecule has 0 saturated heterocycles. The first-order valence-corrected chi connectivity index (χ1v) is 24.1. The molecule has 328 valence electrons. The molecule has 56 heavy (non-hydrogen) atoms. The SMILES string of the molecule is CCCCCCCCC(=O)OCCCC1(C)CC2CC(C)(CCCOC(=O)CCCN(CC)CC)CC(CCCOC(=O)CCCCC(CCC)CCC)(C2)C1. The van der Waals surface area contributed by atoms with E-state index in [4.69, 9.17) is 14.2 Å². The van der Waals surface area contributed by atoms with Crippen LogP contribution in [0.3, 0.4) is 0 Å². The maximum absolute atomic E-state index is 12.7. The summed E-state index contributed by atoms with van der Waals surface area (Å²) in [5.74, 6) is 1.35. The Kier molecular flexibility index (Phi) is 25.9. The Hall–Kier alpha value is -1.63. The Morgan fingerprint density at radius 3 is 1.50 bits per heavy atom. The molecule has 0 radical (unpaired) electrons. The normalized spacial score (nSPS) is 23.4. The Bertz CT molecular complexity index is 1060. The van der Waals surface area contributed by atoms with E-state index in [9.17, 15) is 14.4 Å². The molecule has 2 aliphatic carbocycles. The van der Waals surface area contributed by atoms with Gasteiger partial charge in [0.1, 0.15) is 0 Å². The van der Waals surface area contributed by atoms with Gasteiger partial charge >= 0.3 is 17.9 Å². The second-order valence-electron chi connectivity index (χ2n) is 19.3. The van der Waals surface area contributed by atoms with E-state index in [1.807, 2.05) is 0 Å². The van der Waals surface area contributed by atoms with Crippen LogP contribution >= 0.6 is 0 Å². The van der Waals surface area contributed by atoms with E-state index < -0.39 is 0 Å². The predicted octanol–water partition coefficient (Wildman–Crippen LogP) is 13.2. The van der Waals surface area contributed by atoms with Gasteiger partial charge < -0.3 is 19.1 Å². The standard InChI is InChI=1S/C49H91NO6/c1-8-13-14-15-16-17-27-44(51)54-34-21-30-47(6)37-43-38-48(7,31-22-35-55-46(53)29-20-33-50(11-4)12-5)41-49(39-43,40-47)32-23-36-56-45(52)28-19-18-26-42(24-9-2)25-10-3/h42-43H,8-41H2,1-7H3. The van der Waals surface area contributed by atoms with Gasteiger partial charge in [0.05, 0.1) is 19.8 Å². The van der Waals surface area contributed by atoms with Crippen molar-refractivity contribution in [3.8, 4) is 0 Å². The zero-order valence-corrected chi connectivity index (χ0v) is 38.1. The Balaban J connectivity index is 1.91. The molecule has 2 aliphatic rings. The van der Waals surface area contributed by atoms with Gasteiger partial charge in [-0.15, -0.1) is 0 Å². The smallest absolute Gasteiger partial charge is 0.305 e. The predicted molar refractivity (Wildman–Crippen MR) is 233 cm³/mol. The fourth-order valence-corrected chi connectivity index (χ4v) is 11.3. The highest BCUT2D eigenvalue weighted by molar-refractivity contribution is 5.69. The van der Waals surface area contributed by atoms with E-state index >= 15 is 0 Å². The van der Waals surface area contributed by atoms with Gasteiger partial charge in [-0.1, -0.05) is 119 Å². The molecule has 2 saturated carbocycles. The topological polar surface area (TPSA) is 82.1 Å². The van der Waals surface area contributed by atoms with Crippen molar-refractivity contribution < 1.29 is 28.6 Å². The molecule has 0 amide bonds. The van der Waals surface area contributed by atoms with Crippen LogP contribution in [-0.2, 0) is 28.6 Å². The van der Waals surface area contributed by atoms with Crippen molar-refractivity contribution in [3.63, 3.8) is 0 Å². The average Bonchev–Trinajstić information content (AvgIpc) is 3.15. The van der Waals surface area contributed by atoms with Crippen molar-refractivity contribution in [1.82, 2.24) is 4.90 Å². The minimum Gasteiger partial charge on any atom is -0.466 e. The van der Waals surface area contributed by atoms with E-state index in [2.05, 4.69) is 53.4 Å². The average molecular weight is 790 g/mol. The van der Waals surface area contributed by atoms with Crippen LogP contribution in [0.1, 0.15) is 228 Å². The van der Waals surface area contributed by atoms with Gasteiger partial charge in [0, 0.05) is 19.3 Å². The number of rotatable bonds is 34. The third-order valence-electron chi connectivity index (χ3n) is 13.5. The van der Waals surface area contributed by atoms with E-state index in [0.717, 1.165) is 96.2 Å². The lowest BCUT2D eigenvalue weighted by Crippen LogP contribution is -2.47. The number of hydrogen-bond donors (Lipinski definition) is 0. The van der Waals surface area contributed by atoms with E-state index in [-0.39, 0.29) is 34.2 Å². The van der Waals surface area contributed by atoms with Crippen molar-refractivity contribution in [3.05, 3.63) is 0 Å². The van der Waals surface area contributed by atoms with Gasteiger partial charge in [-0.25, -0.2) is 0 Å². The Morgan fingerprint density at radius 2 is 1.00 bits per heavy atom. The van der Waals surface area contributed by atoms with Crippen LogP contribution in [-0.4, -0.2) is 62.3 Å². The number of unbranched alkanes of at least 4 members (excludes halogenated alkanes) is 6. The lowest BCUT2D eigenvalue weighted by molar-refractivity contribution is -0.145. The molecule has 0 aliphatic heterocycles. The fourth-order valence-electron chi connectivity index (χ4n) is 11.3. The largest absolute Gasteiger partial charge is 0.466 e. The summed E-state index contributed by atoms with van der Waals surface area (Å²) in [5, 5.41) is 0. The molecule has 2 bridgehead atoms. The zero-order valence-electron chi connectivity index (χ0n) is 38.1. The Labute approximate surface area is 346 Å². The number of ether oxygens (including phenoxy) is 3. The number of nitrogens with zero attached hydrogens (tertiary/aromatic N) is 1. The summed E-state index contributed by atoms with van der Waals surface area (Å²) >= 11 is 0. The van der Waals surface area contributed by atoms with Crippen molar-refractivity contribution in [2.24, 2.45) is 28.1 Å². The maximum atomic E-state index is 12.7. The number of carbonyl (C=O) groups is 3. The van der Waals surface area contributed by atoms with E-state index in [0.29, 0.717) is 45.0 Å². The molecule has 0 N–H and O–H groups in total. The first-order chi connectivity index (χ1) is 26.9. The minimum absolute atomic E-state index is 0.0292. The molecule has 0 heterocycles. The highest BCUT2D eigenvalue weighted by Crippen LogP contribution is 2.64. The lowest BCUT2D eigenvalue weighted by Gasteiger charge is -2.58. The second-order valence-corrected chi connectivity index (χ2v) is 19.3. The van der Waals surface area contributed by atoms with Crippen LogP contribution in [0.15, 0.2) is 0 Å². The molecule has 0 aromatic heterocycles. The first-order valence-electron chi connectivity index (χ1n) is 24.1. The molecule has 0 aromatic rings. The Morgan fingerprint density at radius 1 is 0.536 bits per heavy atom. The number of hydrogen-bond acceptors (Lipinski definition) is 7. The molecule has 2 fully saturated rings. The van der Waals surface area contributed by atoms with Crippen LogP contribution in [0, 0.1) is 28.1 Å². The number of esters is 3. The maximum Gasteiger partial charge on any atom is 0.305 e. The quantitative estimate of drug-likeness (QED) is 0.0365.